The molecule has 11 heteroatoms. The average Bonchev–Trinajstić information content (AvgIpc) is 3.17. The maximum Gasteiger partial charge on any atom is 0.337 e. The minimum absolute atomic E-state index is 0.0461. The highest BCUT2D eigenvalue weighted by Crippen LogP contribution is 2.26. The number of aromatic nitrogens is 1. The van der Waals surface area contributed by atoms with E-state index in [4.69, 9.17) is 21.1 Å². The molecule has 0 aliphatic heterocycles. The number of furan rings is 1. The van der Waals surface area contributed by atoms with Gasteiger partial charge in [0, 0.05) is 11.6 Å². The Morgan fingerprint density at radius 1 is 1.24 bits per heavy atom. The van der Waals surface area contributed by atoms with Crippen molar-refractivity contribution in [3.8, 4) is 11.3 Å². The summed E-state index contributed by atoms with van der Waals surface area (Å²) in [6.45, 7) is 0. The van der Waals surface area contributed by atoms with Gasteiger partial charge < -0.3 is 9.52 Å². The molecular weight excluding hydrogens is 404 g/mol. The Morgan fingerprint density at radius 3 is 2.69 bits per heavy atom. The lowest BCUT2D eigenvalue weighted by atomic mass is 10.1. The van der Waals surface area contributed by atoms with Crippen LogP contribution in [0.25, 0.3) is 11.3 Å². The molecule has 0 atom stereocenters. The number of nitrogens with one attached hydrogen (secondary N) is 1. The van der Waals surface area contributed by atoms with Crippen LogP contribution < -0.4 is 5.43 Å². The first kappa shape index (κ1) is 19.7. The fourth-order valence-electron chi connectivity index (χ4n) is 2.26. The van der Waals surface area contributed by atoms with Crippen molar-refractivity contribution >= 4 is 35.4 Å². The molecule has 3 rings (SSSR count). The number of carbonyl (C=O) groups is 2. The smallest absolute Gasteiger partial charge is 0.337 e. The number of nitro groups is 1. The van der Waals surface area contributed by atoms with Crippen LogP contribution >= 0.6 is 11.6 Å². The third-order valence-electron chi connectivity index (χ3n) is 3.66. The van der Waals surface area contributed by atoms with E-state index in [1.807, 2.05) is 0 Å². The summed E-state index contributed by atoms with van der Waals surface area (Å²) in [6.07, 6.45) is 2.20. The zero-order valence-electron chi connectivity index (χ0n) is 14.4. The van der Waals surface area contributed by atoms with Crippen molar-refractivity contribution in [2.24, 2.45) is 5.10 Å². The predicted molar refractivity (Wildman–Crippen MR) is 102 cm³/mol. The lowest BCUT2D eigenvalue weighted by Crippen LogP contribution is -2.18. The van der Waals surface area contributed by atoms with Crippen molar-refractivity contribution in [2.75, 3.05) is 0 Å². The number of carbonyl (C=O) groups excluding carboxylic acids is 1. The first-order valence-corrected chi connectivity index (χ1v) is 8.30. The Kier molecular flexibility index (Phi) is 5.65. The summed E-state index contributed by atoms with van der Waals surface area (Å²) in [5.41, 5.74) is 2.39. The molecule has 2 aromatic heterocycles. The van der Waals surface area contributed by atoms with Gasteiger partial charge in [0.05, 0.1) is 21.7 Å². The van der Waals surface area contributed by atoms with E-state index in [-0.39, 0.29) is 22.0 Å². The topological polar surface area (TPSA) is 148 Å². The fourth-order valence-corrected chi connectivity index (χ4v) is 2.46. The van der Waals surface area contributed by atoms with Crippen LogP contribution in [0.2, 0.25) is 5.02 Å². The molecule has 0 saturated carbocycles. The number of hydrazone groups is 1. The SMILES string of the molecule is O=C(N/N=C\c1ccc(-c2ccc(Cl)c(C(=O)O)c2)o1)c1ccc([N+](=O)[O-])cn1. The van der Waals surface area contributed by atoms with E-state index in [9.17, 15) is 19.7 Å². The van der Waals surface area contributed by atoms with E-state index in [0.717, 1.165) is 12.3 Å². The number of carboxylic acid groups (broad SMARTS) is 1. The third-order valence-corrected chi connectivity index (χ3v) is 3.99. The molecule has 1 aromatic carbocycles. The molecule has 0 bridgehead atoms. The Morgan fingerprint density at radius 2 is 2.03 bits per heavy atom. The van der Waals surface area contributed by atoms with Gasteiger partial charge in [-0.05, 0) is 36.4 Å². The van der Waals surface area contributed by atoms with Crippen LogP contribution in [0.3, 0.4) is 0 Å². The molecule has 3 aromatic rings. The number of pyridine rings is 1. The molecule has 2 N–H and O–H groups in total. The normalized spacial score (nSPS) is 10.8. The second kappa shape index (κ2) is 8.31. The predicted octanol–water partition coefficient (Wildman–Crippen LogP) is 3.37. The Labute approximate surface area is 167 Å². The Balaban J connectivity index is 1.67. The number of halogens is 1. The van der Waals surface area contributed by atoms with Gasteiger partial charge >= 0.3 is 5.97 Å². The molecular formula is C18H11ClN4O6. The molecule has 10 nitrogen and oxygen atoms in total. The van der Waals surface area contributed by atoms with Gasteiger partial charge in [0.15, 0.2) is 0 Å². The summed E-state index contributed by atoms with van der Waals surface area (Å²) >= 11 is 5.85. The van der Waals surface area contributed by atoms with Crippen molar-refractivity contribution in [1.82, 2.24) is 10.4 Å². The minimum atomic E-state index is -1.16. The number of benzene rings is 1. The molecule has 0 saturated heterocycles. The monoisotopic (exact) mass is 414 g/mol. The number of rotatable bonds is 6. The largest absolute Gasteiger partial charge is 0.478 e. The summed E-state index contributed by atoms with van der Waals surface area (Å²) in [5.74, 6) is -1.14. The van der Waals surface area contributed by atoms with Crippen molar-refractivity contribution in [3.63, 3.8) is 0 Å². The van der Waals surface area contributed by atoms with Crippen molar-refractivity contribution < 1.29 is 24.0 Å². The van der Waals surface area contributed by atoms with Crippen LogP contribution in [0.15, 0.2) is 58.2 Å². The van der Waals surface area contributed by atoms with E-state index >= 15 is 0 Å². The van der Waals surface area contributed by atoms with Gasteiger partial charge in [-0.15, -0.1) is 0 Å². The second-order valence-electron chi connectivity index (χ2n) is 5.56. The van der Waals surface area contributed by atoms with Gasteiger partial charge in [-0.1, -0.05) is 11.6 Å². The highest BCUT2D eigenvalue weighted by atomic mass is 35.5. The number of amides is 1. The lowest BCUT2D eigenvalue weighted by molar-refractivity contribution is -0.385. The minimum Gasteiger partial charge on any atom is -0.478 e. The number of aromatic carboxylic acids is 1. The van der Waals surface area contributed by atoms with Gasteiger partial charge in [0.25, 0.3) is 11.6 Å². The van der Waals surface area contributed by atoms with Crippen molar-refractivity contribution in [3.05, 3.63) is 80.8 Å². The molecule has 29 heavy (non-hydrogen) atoms. The highest BCUT2D eigenvalue weighted by Gasteiger charge is 2.13. The van der Waals surface area contributed by atoms with Crippen molar-refractivity contribution in [1.29, 1.82) is 0 Å². The standard InChI is InChI=1S/C18H11ClN4O6/c19-14-4-1-10(7-13(14)18(25)26)16-6-3-12(29-16)9-21-22-17(24)15-5-2-11(8-20-15)23(27)28/h1-9H,(H,22,24)(H,25,26)/b21-9-. The second-order valence-corrected chi connectivity index (χ2v) is 5.97. The van der Waals surface area contributed by atoms with Gasteiger partial charge in [-0.3, -0.25) is 14.9 Å². The van der Waals surface area contributed by atoms with Crippen LogP contribution in [0.5, 0.6) is 0 Å². The van der Waals surface area contributed by atoms with E-state index in [1.54, 1.807) is 18.2 Å². The first-order chi connectivity index (χ1) is 13.8. The van der Waals surface area contributed by atoms with Crippen LogP contribution in [0.4, 0.5) is 5.69 Å². The molecule has 0 aliphatic carbocycles. The van der Waals surface area contributed by atoms with E-state index < -0.39 is 16.8 Å². The summed E-state index contributed by atoms with van der Waals surface area (Å²) < 4.78 is 5.55. The molecule has 0 fully saturated rings. The van der Waals surface area contributed by atoms with E-state index in [2.05, 4.69) is 15.5 Å². The van der Waals surface area contributed by atoms with E-state index in [0.29, 0.717) is 17.1 Å². The Hall–Kier alpha value is -4.05. The van der Waals surface area contributed by atoms with Crippen LogP contribution in [-0.2, 0) is 0 Å². The van der Waals surface area contributed by atoms with Crippen LogP contribution in [0.1, 0.15) is 26.6 Å². The Bertz CT molecular complexity index is 1120. The maximum atomic E-state index is 11.9. The molecule has 1 amide bonds. The molecule has 2 heterocycles. The fraction of sp³-hybridized carbons (Fsp3) is 0. The van der Waals surface area contributed by atoms with Crippen LogP contribution in [0, 0.1) is 10.1 Å². The molecule has 0 unspecified atom stereocenters. The number of nitrogens with zero attached hydrogens (tertiary/aromatic N) is 3. The number of hydrogen-bond acceptors (Lipinski definition) is 7. The van der Waals surface area contributed by atoms with Gasteiger partial charge in [-0.25, -0.2) is 15.2 Å². The van der Waals surface area contributed by atoms with Gasteiger partial charge in [-0.2, -0.15) is 5.10 Å². The molecule has 0 aliphatic rings. The zero-order valence-corrected chi connectivity index (χ0v) is 15.2. The number of carboxylic acids is 1. The molecule has 146 valence electrons. The van der Waals surface area contributed by atoms with Crippen LogP contribution in [-0.4, -0.2) is 33.1 Å². The lowest BCUT2D eigenvalue weighted by Gasteiger charge is -2.02. The zero-order chi connectivity index (χ0) is 21.0. The van der Waals surface area contributed by atoms with Gasteiger partial charge in [0.1, 0.15) is 23.4 Å². The molecule has 0 radical (unpaired) electrons. The number of hydrogen-bond donors (Lipinski definition) is 2. The summed E-state index contributed by atoms with van der Waals surface area (Å²) in [5, 5.41) is 23.6. The summed E-state index contributed by atoms with van der Waals surface area (Å²) in [6, 6.07) is 9.98. The van der Waals surface area contributed by atoms with Gasteiger partial charge in [0.2, 0.25) is 0 Å². The molecule has 0 spiro atoms. The first-order valence-electron chi connectivity index (χ1n) is 7.92. The maximum absolute atomic E-state index is 11.9. The van der Waals surface area contributed by atoms with E-state index in [1.165, 1.54) is 24.4 Å². The van der Waals surface area contributed by atoms with Crippen molar-refractivity contribution in [2.45, 2.75) is 0 Å². The highest BCUT2D eigenvalue weighted by molar-refractivity contribution is 6.33. The summed E-state index contributed by atoms with van der Waals surface area (Å²) in [4.78, 5) is 36.7. The average molecular weight is 415 g/mol. The third kappa shape index (κ3) is 4.62. The summed E-state index contributed by atoms with van der Waals surface area (Å²) in [7, 11) is 0. The quantitative estimate of drug-likeness (QED) is 0.357.